The minimum Gasteiger partial charge on any atom is -0.366 e. The molecule has 4 rings (SSSR count). The van der Waals surface area contributed by atoms with Crippen LogP contribution in [0, 0.1) is 0 Å². The molecule has 9 heteroatoms. The van der Waals surface area contributed by atoms with Crippen molar-refractivity contribution in [2.75, 3.05) is 18.0 Å². The predicted octanol–water partition coefficient (Wildman–Crippen LogP) is 3.07. The van der Waals surface area contributed by atoms with E-state index in [1.807, 2.05) is 24.8 Å². The van der Waals surface area contributed by atoms with Gasteiger partial charge in [0.2, 0.25) is 11.8 Å². The Bertz CT molecular complexity index is 1140. The van der Waals surface area contributed by atoms with E-state index in [9.17, 15) is 9.59 Å². The number of H-pyrrole nitrogens is 1. The molecule has 4 heterocycles. The second-order valence-electron chi connectivity index (χ2n) is 7.74. The predicted molar refractivity (Wildman–Crippen MR) is 119 cm³/mol. The lowest BCUT2D eigenvalue weighted by Gasteiger charge is -2.44. The molecule has 1 aliphatic heterocycles. The molecule has 0 radical (unpaired) electrons. The number of halogens is 1. The van der Waals surface area contributed by atoms with Gasteiger partial charge in [-0.05, 0) is 32.0 Å². The van der Waals surface area contributed by atoms with Crippen LogP contribution in [-0.4, -0.2) is 56.8 Å². The molecule has 0 bridgehead atoms. The van der Waals surface area contributed by atoms with Crippen LogP contribution >= 0.6 is 11.6 Å². The summed E-state index contributed by atoms with van der Waals surface area (Å²) in [5.41, 5.74) is 8.05. The van der Waals surface area contributed by atoms with Gasteiger partial charge in [0, 0.05) is 62.4 Å². The van der Waals surface area contributed by atoms with Gasteiger partial charge in [0.1, 0.15) is 11.5 Å². The first-order valence-corrected chi connectivity index (χ1v) is 10.1. The van der Waals surface area contributed by atoms with E-state index in [0.29, 0.717) is 40.8 Å². The lowest BCUT2D eigenvalue weighted by Crippen LogP contribution is -2.58. The van der Waals surface area contributed by atoms with Crippen LogP contribution < -0.4 is 10.6 Å². The number of nitrogens with zero attached hydrogens (tertiary/aromatic N) is 4. The Morgan fingerprint density at radius 3 is 2.57 bits per heavy atom. The number of fused-ring (bicyclic) bond motifs is 1. The first-order chi connectivity index (χ1) is 14.2. The molecular weight excluding hydrogens is 404 g/mol. The Morgan fingerprint density at radius 1 is 1.23 bits per heavy atom. The molecule has 8 nitrogen and oxygen atoms in total. The molecule has 1 fully saturated rings. The number of hydrogen-bond donors (Lipinski definition) is 2. The van der Waals surface area contributed by atoms with Gasteiger partial charge in [0.15, 0.2) is 0 Å². The van der Waals surface area contributed by atoms with E-state index >= 15 is 0 Å². The van der Waals surface area contributed by atoms with E-state index in [-0.39, 0.29) is 19.4 Å². The number of rotatable bonds is 3. The summed E-state index contributed by atoms with van der Waals surface area (Å²) in [5.74, 6) is 0.171. The molecule has 2 atom stereocenters. The molecular formula is C21H25ClN6O2. The summed E-state index contributed by atoms with van der Waals surface area (Å²) in [4.78, 5) is 40.2. The van der Waals surface area contributed by atoms with Crippen LogP contribution in [0.2, 0.25) is 5.02 Å². The number of aromatic amines is 1. The van der Waals surface area contributed by atoms with E-state index in [1.165, 1.54) is 0 Å². The van der Waals surface area contributed by atoms with Crippen LogP contribution in [-0.2, 0) is 4.79 Å². The highest BCUT2D eigenvalue weighted by Gasteiger charge is 2.32. The van der Waals surface area contributed by atoms with E-state index in [0.717, 1.165) is 10.9 Å². The zero-order valence-corrected chi connectivity index (χ0v) is 17.8. The number of aromatic nitrogens is 3. The number of piperazine rings is 1. The fraction of sp³-hybridized carbons (Fsp3) is 0.333. The summed E-state index contributed by atoms with van der Waals surface area (Å²) in [6, 6.07) is 5.22. The van der Waals surface area contributed by atoms with Crippen molar-refractivity contribution < 1.29 is 11.0 Å². The second kappa shape index (κ2) is 7.60. The molecule has 158 valence electrons. The van der Waals surface area contributed by atoms with Crippen LogP contribution in [0.5, 0.6) is 0 Å². The van der Waals surface area contributed by atoms with Crippen molar-refractivity contribution in [3.63, 3.8) is 0 Å². The summed E-state index contributed by atoms with van der Waals surface area (Å²) >= 11 is 6.13. The van der Waals surface area contributed by atoms with Gasteiger partial charge in [-0.15, -0.1) is 0 Å². The number of hydrogen-bond acceptors (Lipinski definition) is 5. The van der Waals surface area contributed by atoms with Gasteiger partial charge in [0.25, 0.3) is 0 Å². The van der Waals surface area contributed by atoms with Crippen molar-refractivity contribution in [3.05, 3.63) is 41.2 Å². The zero-order valence-electron chi connectivity index (χ0n) is 17.0. The average molecular weight is 429 g/mol. The molecule has 2 amide bonds. The third-order valence-electron chi connectivity index (χ3n) is 5.48. The first-order valence-electron chi connectivity index (χ1n) is 9.73. The van der Waals surface area contributed by atoms with Crippen molar-refractivity contribution in [2.24, 2.45) is 5.73 Å². The zero-order chi connectivity index (χ0) is 21.6. The lowest BCUT2D eigenvalue weighted by molar-refractivity contribution is -0.133. The number of nitrogens with two attached hydrogens (primary N) is 1. The van der Waals surface area contributed by atoms with E-state index < -0.39 is 5.91 Å². The second-order valence-corrected chi connectivity index (χ2v) is 8.18. The highest BCUT2D eigenvalue weighted by Crippen LogP contribution is 2.31. The molecule has 1 saturated heterocycles. The first kappa shape index (κ1) is 20.2. The Morgan fingerprint density at radius 2 is 1.93 bits per heavy atom. The number of anilines is 1. The molecule has 30 heavy (non-hydrogen) atoms. The number of nitrogens with one attached hydrogen (secondary N) is 1. The maximum Gasteiger partial charge on any atom is 0.248 e. The van der Waals surface area contributed by atoms with Crippen molar-refractivity contribution in [3.8, 4) is 11.3 Å². The van der Waals surface area contributed by atoms with Gasteiger partial charge in [-0.25, -0.2) is 9.97 Å². The maximum absolute atomic E-state index is 12.0. The van der Waals surface area contributed by atoms with Crippen molar-refractivity contribution in [1.82, 2.24) is 19.9 Å². The third kappa shape index (κ3) is 3.59. The van der Waals surface area contributed by atoms with Gasteiger partial charge in [-0.3, -0.25) is 9.59 Å². The summed E-state index contributed by atoms with van der Waals surface area (Å²) in [6.07, 6.45) is 3.37. The van der Waals surface area contributed by atoms with Crippen LogP contribution in [0.25, 0.3) is 22.3 Å². The van der Waals surface area contributed by atoms with Gasteiger partial charge in [0.05, 0.1) is 10.7 Å². The summed E-state index contributed by atoms with van der Waals surface area (Å²) < 4.78 is 0. The summed E-state index contributed by atoms with van der Waals surface area (Å²) in [5, 5.41) is 1.32. The average Bonchev–Trinajstić information content (AvgIpc) is 3.09. The minimum absolute atomic E-state index is 0. The van der Waals surface area contributed by atoms with Crippen LogP contribution in [0.15, 0.2) is 30.6 Å². The highest BCUT2D eigenvalue weighted by atomic mass is 35.5. The van der Waals surface area contributed by atoms with E-state index in [2.05, 4.69) is 14.9 Å². The minimum atomic E-state index is -0.528. The third-order valence-corrected chi connectivity index (χ3v) is 5.68. The van der Waals surface area contributed by atoms with Crippen LogP contribution in [0.4, 0.5) is 5.82 Å². The number of pyridine rings is 2. The normalized spacial score (nSPS) is 19.3. The number of carbonyl (C=O) groups is 2. The molecule has 0 unspecified atom stereocenters. The van der Waals surface area contributed by atoms with Crippen LogP contribution in [0.3, 0.4) is 0 Å². The monoisotopic (exact) mass is 428 g/mol. The lowest BCUT2D eigenvalue weighted by atomic mass is 10.1. The smallest absolute Gasteiger partial charge is 0.248 e. The molecule has 3 aromatic rings. The Hall–Kier alpha value is -3.13. The fourth-order valence-corrected chi connectivity index (χ4v) is 4.44. The van der Waals surface area contributed by atoms with Crippen molar-refractivity contribution in [1.29, 1.82) is 0 Å². The number of carbonyl (C=O) groups excluding carboxylic acids is 2. The van der Waals surface area contributed by atoms with Crippen molar-refractivity contribution >= 4 is 40.3 Å². The van der Waals surface area contributed by atoms with E-state index in [1.54, 1.807) is 31.5 Å². The molecule has 3 aromatic heterocycles. The summed E-state index contributed by atoms with van der Waals surface area (Å²) in [7, 11) is 0. The quantitative estimate of drug-likeness (QED) is 0.666. The Kier molecular flexibility index (Phi) is 5.11. The fourth-order valence-electron chi connectivity index (χ4n) is 4.28. The standard InChI is InChI=1S/C21H23ClN6O2.H2/c1-11-9-27(10-12(2)28(11)13(3)29)19-5-14(20(23)30)4-18(26-19)17-8-25-21-16(17)6-15(22)7-24-21;/h4-8,11-12H,9-10H2,1-3H3,(H2,23,30)(H,24,25);1H/t11-,12+;. The maximum atomic E-state index is 12.0. The van der Waals surface area contributed by atoms with Gasteiger partial charge >= 0.3 is 0 Å². The Balaban J connectivity index is 0.00000272. The molecule has 1 aliphatic rings. The molecule has 3 N–H and O–H groups in total. The Labute approximate surface area is 180 Å². The molecule has 0 spiro atoms. The van der Waals surface area contributed by atoms with Gasteiger partial charge in [-0.2, -0.15) is 0 Å². The van der Waals surface area contributed by atoms with Gasteiger partial charge < -0.3 is 20.5 Å². The highest BCUT2D eigenvalue weighted by molar-refractivity contribution is 6.31. The molecule has 0 saturated carbocycles. The number of primary amides is 1. The van der Waals surface area contributed by atoms with Gasteiger partial charge in [-0.1, -0.05) is 11.6 Å². The molecule has 0 aromatic carbocycles. The largest absolute Gasteiger partial charge is 0.366 e. The summed E-state index contributed by atoms with van der Waals surface area (Å²) in [6.45, 7) is 6.83. The van der Waals surface area contributed by atoms with Crippen LogP contribution in [0.1, 0.15) is 32.6 Å². The van der Waals surface area contributed by atoms with Crippen molar-refractivity contribution in [2.45, 2.75) is 32.9 Å². The number of amides is 2. The van der Waals surface area contributed by atoms with E-state index in [4.69, 9.17) is 22.3 Å². The SMILES string of the molecule is CC(=O)N1[C@H](C)CN(c2cc(C(N)=O)cc(-c3c[nH]c4ncc(Cl)cc34)n2)C[C@@H]1C.[HH]. The molecule has 0 aliphatic carbocycles. The topological polar surface area (TPSA) is 108 Å².